The van der Waals surface area contributed by atoms with E-state index in [-0.39, 0.29) is 5.56 Å². The van der Waals surface area contributed by atoms with Crippen LogP contribution in [0.1, 0.15) is 25.3 Å². The van der Waals surface area contributed by atoms with Gasteiger partial charge in [0.2, 0.25) is 0 Å². The first-order chi connectivity index (χ1) is 7.37. The predicted molar refractivity (Wildman–Crippen MR) is 51.8 cm³/mol. The average Bonchev–Trinajstić information content (AvgIpc) is 2.69. The van der Waals surface area contributed by atoms with Gasteiger partial charge in [0.05, 0.1) is 18.3 Å². The molecule has 3 nitrogen and oxygen atoms in total. The van der Waals surface area contributed by atoms with Crippen LogP contribution in [0.25, 0.3) is 0 Å². The van der Waals surface area contributed by atoms with Crippen molar-refractivity contribution in [3.8, 4) is 0 Å². The number of rotatable bonds is 2. The number of carbonyl (C=O) groups is 1. The van der Waals surface area contributed by atoms with Gasteiger partial charge in [0.1, 0.15) is 11.6 Å². The van der Waals surface area contributed by atoms with Crippen LogP contribution < -0.4 is 0 Å². The zero-order valence-electron chi connectivity index (χ0n) is 8.87. The average molecular weight is 227 g/mol. The van der Waals surface area contributed by atoms with Gasteiger partial charge in [-0.2, -0.15) is 0 Å². The van der Waals surface area contributed by atoms with E-state index in [1.54, 1.807) is 13.8 Å². The topological polar surface area (TPSA) is 50.2 Å². The number of aromatic nitrogens is 1. The second kappa shape index (κ2) is 3.23. The van der Waals surface area contributed by atoms with Gasteiger partial charge >= 0.3 is 5.97 Å². The first-order valence-corrected chi connectivity index (χ1v) is 4.89. The van der Waals surface area contributed by atoms with E-state index in [0.717, 1.165) is 12.4 Å². The Bertz CT molecular complexity index is 439. The van der Waals surface area contributed by atoms with Gasteiger partial charge in [0.25, 0.3) is 0 Å². The van der Waals surface area contributed by atoms with Gasteiger partial charge in [-0.15, -0.1) is 0 Å². The van der Waals surface area contributed by atoms with Crippen LogP contribution >= 0.6 is 0 Å². The number of carboxylic acid groups (broad SMARTS) is 1. The van der Waals surface area contributed by atoms with Crippen LogP contribution in [0.3, 0.4) is 0 Å². The second-order valence-electron chi connectivity index (χ2n) is 4.63. The molecule has 0 aliphatic heterocycles. The molecule has 1 heterocycles. The standard InChI is InChI=1S/C11H11F2NO2/c1-11(2)8(9(11)10(15)16)7-5(12)3-14-4-6(7)13/h3-4,8-9H,1-2H3,(H,15,16)/t8-,9+/m1/s1. The molecule has 1 aromatic rings. The summed E-state index contributed by atoms with van der Waals surface area (Å²) in [5.74, 6) is -3.93. The Labute approximate surface area is 91.1 Å². The zero-order chi connectivity index (χ0) is 12.1. The van der Waals surface area contributed by atoms with Crippen molar-refractivity contribution in [1.82, 2.24) is 4.98 Å². The highest BCUT2D eigenvalue weighted by Gasteiger charge is 2.64. The molecule has 0 aromatic carbocycles. The fourth-order valence-corrected chi connectivity index (χ4v) is 2.36. The third-order valence-corrected chi connectivity index (χ3v) is 3.29. The lowest BCUT2D eigenvalue weighted by Crippen LogP contribution is -2.03. The molecule has 1 aliphatic rings. The molecule has 5 heteroatoms. The van der Waals surface area contributed by atoms with Crippen molar-refractivity contribution in [1.29, 1.82) is 0 Å². The monoisotopic (exact) mass is 227 g/mol. The molecular weight excluding hydrogens is 216 g/mol. The number of pyridine rings is 1. The van der Waals surface area contributed by atoms with Gasteiger partial charge in [-0.25, -0.2) is 8.78 Å². The van der Waals surface area contributed by atoms with Crippen LogP contribution in [0.2, 0.25) is 0 Å². The summed E-state index contributed by atoms with van der Waals surface area (Å²) in [7, 11) is 0. The summed E-state index contributed by atoms with van der Waals surface area (Å²) in [6.07, 6.45) is 1.82. The number of hydrogen-bond donors (Lipinski definition) is 1. The van der Waals surface area contributed by atoms with Gasteiger partial charge in [-0.05, 0) is 5.41 Å². The van der Waals surface area contributed by atoms with Crippen molar-refractivity contribution < 1.29 is 18.7 Å². The molecule has 0 radical (unpaired) electrons. The number of aliphatic carboxylic acids is 1. The summed E-state index contributed by atoms with van der Waals surface area (Å²) in [6.45, 7) is 3.38. The van der Waals surface area contributed by atoms with E-state index in [4.69, 9.17) is 5.11 Å². The van der Waals surface area contributed by atoms with E-state index >= 15 is 0 Å². The van der Waals surface area contributed by atoms with Crippen molar-refractivity contribution in [3.63, 3.8) is 0 Å². The Morgan fingerprint density at radius 2 is 1.88 bits per heavy atom. The summed E-state index contributed by atoms with van der Waals surface area (Å²) in [5, 5.41) is 8.94. The van der Waals surface area contributed by atoms with Crippen LogP contribution in [-0.2, 0) is 4.79 Å². The molecule has 0 saturated heterocycles. The van der Waals surface area contributed by atoms with Crippen LogP contribution in [0.5, 0.6) is 0 Å². The molecule has 1 fully saturated rings. The van der Waals surface area contributed by atoms with Gasteiger partial charge < -0.3 is 5.11 Å². The summed E-state index contributed by atoms with van der Waals surface area (Å²) in [5.41, 5.74) is -0.776. The minimum Gasteiger partial charge on any atom is -0.481 e. The molecule has 1 aromatic heterocycles. The molecule has 0 unspecified atom stereocenters. The number of carboxylic acids is 1. The largest absolute Gasteiger partial charge is 0.481 e. The lowest BCUT2D eigenvalue weighted by atomic mass is 10.0. The van der Waals surface area contributed by atoms with Crippen LogP contribution in [0.15, 0.2) is 12.4 Å². The SMILES string of the molecule is CC1(C)[C@H](C(=O)O)[C@H]1c1c(F)cncc1F. The Morgan fingerprint density at radius 3 is 2.25 bits per heavy atom. The molecule has 2 rings (SSSR count). The third-order valence-electron chi connectivity index (χ3n) is 3.29. The Hall–Kier alpha value is -1.52. The lowest BCUT2D eigenvalue weighted by Gasteiger charge is -2.04. The lowest BCUT2D eigenvalue weighted by molar-refractivity contribution is -0.139. The Kier molecular flexibility index (Phi) is 2.22. The number of hydrogen-bond acceptors (Lipinski definition) is 2. The zero-order valence-corrected chi connectivity index (χ0v) is 8.87. The smallest absolute Gasteiger partial charge is 0.307 e. The minimum absolute atomic E-state index is 0.160. The van der Waals surface area contributed by atoms with E-state index in [1.165, 1.54) is 0 Å². The summed E-state index contributed by atoms with van der Waals surface area (Å²) < 4.78 is 26.9. The van der Waals surface area contributed by atoms with Crippen LogP contribution in [-0.4, -0.2) is 16.1 Å². The van der Waals surface area contributed by atoms with Crippen LogP contribution in [0.4, 0.5) is 8.78 Å². The van der Waals surface area contributed by atoms with Crippen molar-refractivity contribution >= 4 is 5.97 Å². The molecule has 16 heavy (non-hydrogen) atoms. The van der Waals surface area contributed by atoms with E-state index in [1.807, 2.05) is 0 Å². The fourth-order valence-electron chi connectivity index (χ4n) is 2.36. The second-order valence-corrected chi connectivity index (χ2v) is 4.63. The fraction of sp³-hybridized carbons (Fsp3) is 0.455. The molecule has 0 amide bonds. The third kappa shape index (κ3) is 1.38. The molecule has 1 N–H and O–H groups in total. The van der Waals surface area contributed by atoms with E-state index in [9.17, 15) is 13.6 Å². The van der Waals surface area contributed by atoms with Gasteiger partial charge in [-0.1, -0.05) is 13.8 Å². The molecule has 0 bridgehead atoms. The molecule has 1 aliphatic carbocycles. The van der Waals surface area contributed by atoms with E-state index in [2.05, 4.69) is 4.98 Å². The normalized spacial score (nSPS) is 26.5. The predicted octanol–water partition coefficient (Wildman–Crippen LogP) is 2.18. The molecular formula is C11H11F2NO2. The summed E-state index contributed by atoms with van der Waals surface area (Å²) in [4.78, 5) is 14.3. The van der Waals surface area contributed by atoms with Crippen molar-refractivity contribution in [2.24, 2.45) is 11.3 Å². The maximum absolute atomic E-state index is 13.4. The summed E-state index contributed by atoms with van der Waals surface area (Å²) in [6, 6.07) is 0. The highest BCUT2D eigenvalue weighted by molar-refractivity contribution is 5.77. The van der Waals surface area contributed by atoms with Crippen molar-refractivity contribution in [2.45, 2.75) is 19.8 Å². The van der Waals surface area contributed by atoms with Crippen molar-refractivity contribution in [2.75, 3.05) is 0 Å². The maximum atomic E-state index is 13.4. The minimum atomic E-state index is -1.02. The highest BCUT2D eigenvalue weighted by Crippen LogP contribution is 2.65. The molecule has 2 atom stereocenters. The number of halogens is 2. The first-order valence-electron chi connectivity index (χ1n) is 4.89. The Balaban J connectivity index is 2.45. The molecule has 1 saturated carbocycles. The van der Waals surface area contributed by atoms with E-state index in [0.29, 0.717) is 0 Å². The quantitative estimate of drug-likeness (QED) is 0.842. The van der Waals surface area contributed by atoms with Crippen molar-refractivity contribution in [3.05, 3.63) is 29.6 Å². The summed E-state index contributed by atoms with van der Waals surface area (Å²) >= 11 is 0. The first kappa shape index (κ1) is 11.0. The van der Waals surface area contributed by atoms with Gasteiger partial charge in [0, 0.05) is 11.5 Å². The maximum Gasteiger partial charge on any atom is 0.307 e. The van der Waals surface area contributed by atoms with Gasteiger partial charge in [0.15, 0.2) is 0 Å². The number of nitrogens with zero attached hydrogens (tertiary/aromatic N) is 1. The van der Waals surface area contributed by atoms with Gasteiger partial charge in [-0.3, -0.25) is 9.78 Å². The Morgan fingerprint density at radius 1 is 1.38 bits per heavy atom. The molecule has 0 spiro atoms. The van der Waals surface area contributed by atoms with Crippen LogP contribution in [0, 0.1) is 23.0 Å². The molecule has 86 valence electrons. The highest BCUT2D eigenvalue weighted by atomic mass is 19.1. The van der Waals surface area contributed by atoms with E-state index < -0.39 is 34.9 Å².